The van der Waals surface area contributed by atoms with Crippen molar-refractivity contribution in [1.82, 2.24) is 13.9 Å². The Hall–Kier alpha value is -3.21. The van der Waals surface area contributed by atoms with E-state index in [1.54, 1.807) is 24.7 Å². The Bertz CT molecular complexity index is 1190. The van der Waals surface area contributed by atoms with Crippen molar-refractivity contribution in [2.75, 3.05) is 38.7 Å². The van der Waals surface area contributed by atoms with Crippen LogP contribution in [0.5, 0.6) is 5.75 Å². The van der Waals surface area contributed by atoms with Gasteiger partial charge in [0.1, 0.15) is 10.6 Å². The summed E-state index contributed by atoms with van der Waals surface area (Å²) in [6.07, 6.45) is 5.29. The lowest BCUT2D eigenvalue weighted by molar-refractivity contribution is 0.0729. The van der Waals surface area contributed by atoms with Gasteiger partial charge in [-0.15, -0.1) is 0 Å². The summed E-state index contributed by atoms with van der Waals surface area (Å²) in [5.74, 6) is -0.221. The van der Waals surface area contributed by atoms with E-state index >= 15 is 0 Å². The van der Waals surface area contributed by atoms with Gasteiger partial charge in [0.05, 0.1) is 26.7 Å². The summed E-state index contributed by atoms with van der Waals surface area (Å²) >= 11 is 0. The largest absolute Gasteiger partial charge is 0.495 e. The number of nitrogens with one attached hydrogen (secondary N) is 1. The monoisotopic (exact) mass is 456 g/mol. The van der Waals surface area contributed by atoms with Crippen LogP contribution in [0.2, 0.25) is 0 Å². The van der Waals surface area contributed by atoms with E-state index in [1.165, 1.54) is 23.5 Å². The number of imidazole rings is 1. The SMILES string of the molecule is COc1ccc(C(=O)Nc2cccc(Cn3ccnc3)c2)cc1S(=O)(=O)N1CCOCC1. The minimum Gasteiger partial charge on any atom is -0.495 e. The number of methoxy groups -OCH3 is 1. The topological polar surface area (TPSA) is 103 Å². The fourth-order valence-electron chi connectivity index (χ4n) is 3.49. The van der Waals surface area contributed by atoms with Gasteiger partial charge in [0.25, 0.3) is 5.91 Å². The van der Waals surface area contributed by atoms with Crippen molar-refractivity contribution < 1.29 is 22.7 Å². The van der Waals surface area contributed by atoms with Gasteiger partial charge in [-0.1, -0.05) is 12.1 Å². The van der Waals surface area contributed by atoms with Crippen molar-refractivity contribution >= 4 is 21.6 Å². The molecule has 10 heteroatoms. The van der Waals surface area contributed by atoms with Crippen LogP contribution in [0.3, 0.4) is 0 Å². The highest BCUT2D eigenvalue weighted by Crippen LogP contribution is 2.29. The molecule has 0 spiro atoms. The summed E-state index contributed by atoms with van der Waals surface area (Å²) < 4.78 is 40.1. The number of hydrogen-bond donors (Lipinski definition) is 1. The first kappa shape index (κ1) is 22.0. The van der Waals surface area contributed by atoms with E-state index in [1.807, 2.05) is 29.0 Å². The first-order valence-corrected chi connectivity index (χ1v) is 11.5. The van der Waals surface area contributed by atoms with E-state index in [2.05, 4.69) is 10.3 Å². The molecule has 2 heterocycles. The predicted molar refractivity (Wildman–Crippen MR) is 118 cm³/mol. The van der Waals surface area contributed by atoms with Crippen LogP contribution in [0.25, 0.3) is 0 Å². The van der Waals surface area contributed by atoms with Gasteiger partial charge in [0.2, 0.25) is 10.0 Å². The van der Waals surface area contributed by atoms with Crippen LogP contribution in [0.4, 0.5) is 5.69 Å². The number of rotatable bonds is 7. The number of aromatic nitrogens is 2. The maximum Gasteiger partial charge on any atom is 0.255 e. The van der Waals surface area contributed by atoms with E-state index in [-0.39, 0.29) is 29.3 Å². The Labute approximate surface area is 186 Å². The third-order valence-electron chi connectivity index (χ3n) is 5.12. The number of benzene rings is 2. The van der Waals surface area contributed by atoms with Crippen LogP contribution in [-0.2, 0) is 21.3 Å². The molecule has 0 bridgehead atoms. The average Bonchev–Trinajstić information content (AvgIpc) is 3.32. The molecule has 1 fully saturated rings. The summed E-state index contributed by atoms with van der Waals surface area (Å²) in [6, 6.07) is 11.9. The molecule has 0 unspecified atom stereocenters. The summed E-state index contributed by atoms with van der Waals surface area (Å²) in [4.78, 5) is 16.9. The van der Waals surface area contributed by atoms with E-state index in [4.69, 9.17) is 9.47 Å². The van der Waals surface area contributed by atoms with Crippen LogP contribution in [0, 0.1) is 0 Å². The number of hydrogen-bond acceptors (Lipinski definition) is 6. The molecule has 1 aliphatic heterocycles. The van der Waals surface area contributed by atoms with Gasteiger partial charge in [-0.2, -0.15) is 4.31 Å². The highest BCUT2D eigenvalue weighted by molar-refractivity contribution is 7.89. The van der Waals surface area contributed by atoms with Crippen molar-refractivity contribution in [3.63, 3.8) is 0 Å². The van der Waals surface area contributed by atoms with Gasteiger partial charge in [0.15, 0.2) is 0 Å². The standard InChI is InChI=1S/C22H24N4O5S/c1-30-20-6-5-18(14-21(20)32(28,29)26-9-11-31-12-10-26)22(27)24-19-4-2-3-17(13-19)15-25-8-7-23-16-25/h2-8,13-14,16H,9-12,15H2,1H3,(H,24,27). The van der Waals surface area contributed by atoms with Gasteiger partial charge in [0, 0.05) is 43.3 Å². The molecule has 1 aliphatic rings. The molecule has 1 saturated heterocycles. The Morgan fingerprint density at radius 2 is 2.00 bits per heavy atom. The van der Waals surface area contributed by atoms with E-state index < -0.39 is 15.9 Å². The Morgan fingerprint density at radius 1 is 1.19 bits per heavy atom. The molecule has 0 radical (unpaired) electrons. The van der Waals surface area contributed by atoms with Crippen LogP contribution in [0.15, 0.2) is 66.1 Å². The molecule has 9 nitrogen and oxygen atoms in total. The summed E-state index contributed by atoms with van der Waals surface area (Å²) in [5.41, 5.74) is 1.82. The fraction of sp³-hybridized carbons (Fsp3) is 0.273. The van der Waals surface area contributed by atoms with Gasteiger partial charge >= 0.3 is 0 Å². The van der Waals surface area contributed by atoms with E-state index in [0.29, 0.717) is 25.4 Å². The van der Waals surface area contributed by atoms with Crippen molar-refractivity contribution in [2.45, 2.75) is 11.4 Å². The highest BCUT2D eigenvalue weighted by Gasteiger charge is 2.30. The zero-order valence-corrected chi connectivity index (χ0v) is 18.4. The first-order valence-electron chi connectivity index (χ1n) is 10.1. The maximum absolute atomic E-state index is 13.1. The lowest BCUT2D eigenvalue weighted by Crippen LogP contribution is -2.40. The number of sulfonamides is 1. The summed E-state index contributed by atoms with van der Waals surface area (Å²) in [6.45, 7) is 1.79. The van der Waals surface area contributed by atoms with Gasteiger partial charge < -0.3 is 19.4 Å². The number of nitrogens with zero attached hydrogens (tertiary/aromatic N) is 3. The molecule has 32 heavy (non-hydrogen) atoms. The predicted octanol–water partition coefficient (Wildman–Crippen LogP) is 2.21. The molecule has 1 N–H and O–H groups in total. The Kier molecular flexibility index (Phi) is 6.54. The molecule has 1 aromatic heterocycles. The fourth-order valence-corrected chi connectivity index (χ4v) is 5.08. The molecule has 0 saturated carbocycles. The van der Waals surface area contributed by atoms with E-state index in [9.17, 15) is 13.2 Å². The first-order chi connectivity index (χ1) is 15.5. The second kappa shape index (κ2) is 9.51. The molecule has 168 valence electrons. The smallest absolute Gasteiger partial charge is 0.255 e. The van der Waals surface area contributed by atoms with Crippen LogP contribution >= 0.6 is 0 Å². The lowest BCUT2D eigenvalue weighted by atomic mass is 10.1. The summed E-state index contributed by atoms with van der Waals surface area (Å²) in [7, 11) is -2.43. The third kappa shape index (κ3) is 4.82. The minimum absolute atomic E-state index is 0.0385. The molecule has 4 rings (SSSR count). The number of carbonyl (C=O) groups is 1. The summed E-state index contributed by atoms with van der Waals surface area (Å²) in [5, 5.41) is 2.84. The number of anilines is 1. The lowest BCUT2D eigenvalue weighted by Gasteiger charge is -2.26. The zero-order valence-electron chi connectivity index (χ0n) is 17.6. The normalized spacial score (nSPS) is 14.8. The average molecular weight is 457 g/mol. The molecule has 0 atom stereocenters. The zero-order chi connectivity index (χ0) is 22.6. The number of ether oxygens (including phenoxy) is 2. The Morgan fingerprint density at radius 3 is 2.72 bits per heavy atom. The van der Waals surface area contributed by atoms with Gasteiger partial charge in [-0.05, 0) is 35.9 Å². The maximum atomic E-state index is 13.1. The molecular weight excluding hydrogens is 432 g/mol. The second-order valence-corrected chi connectivity index (χ2v) is 9.18. The third-order valence-corrected chi connectivity index (χ3v) is 7.04. The van der Waals surface area contributed by atoms with Crippen LogP contribution < -0.4 is 10.1 Å². The molecule has 1 amide bonds. The number of amides is 1. The minimum atomic E-state index is -3.83. The van der Waals surface area contributed by atoms with E-state index in [0.717, 1.165) is 5.56 Å². The Balaban J connectivity index is 1.56. The van der Waals surface area contributed by atoms with Crippen molar-refractivity contribution in [2.24, 2.45) is 0 Å². The van der Waals surface area contributed by atoms with Gasteiger partial charge in [-0.25, -0.2) is 13.4 Å². The molecule has 3 aromatic rings. The quantitative estimate of drug-likeness (QED) is 0.585. The second-order valence-electron chi connectivity index (χ2n) is 7.27. The molecule has 2 aromatic carbocycles. The van der Waals surface area contributed by atoms with Crippen molar-refractivity contribution in [3.8, 4) is 5.75 Å². The highest BCUT2D eigenvalue weighted by atomic mass is 32.2. The number of morpholine rings is 1. The number of carbonyl (C=O) groups excluding carboxylic acids is 1. The van der Waals surface area contributed by atoms with Crippen LogP contribution in [0.1, 0.15) is 15.9 Å². The van der Waals surface area contributed by atoms with Crippen LogP contribution in [-0.4, -0.2) is 61.6 Å². The van der Waals surface area contributed by atoms with Crippen molar-refractivity contribution in [3.05, 3.63) is 72.3 Å². The van der Waals surface area contributed by atoms with Crippen molar-refractivity contribution in [1.29, 1.82) is 0 Å². The van der Waals surface area contributed by atoms with Gasteiger partial charge in [-0.3, -0.25) is 4.79 Å². The molecule has 0 aliphatic carbocycles. The molecular formula is C22H24N4O5S.